The molecule has 1 aromatic rings. The fourth-order valence-corrected chi connectivity index (χ4v) is 1.11. The molecule has 0 bridgehead atoms. The second-order valence-electron chi connectivity index (χ2n) is 2.87. The summed E-state index contributed by atoms with van der Waals surface area (Å²) < 4.78 is 41.7. The van der Waals surface area contributed by atoms with E-state index in [4.69, 9.17) is 4.74 Å². The van der Waals surface area contributed by atoms with Gasteiger partial charge in [0.2, 0.25) is 0 Å². The number of benzene rings is 1. The SMILES string of the molecule is CCOc1ccc(C(F)(F)F)cc1[N+](=O)[O-]. The molecule has 0 aromatic heterocycles. The second-order valence-corrected chi connectivity index (χ2v) is 2.87. The molecule has 0 atom stereocenters. The number of halogens is 3. The van der Waals surface area contributed by atoms with E-state index in [1.165, 1.54) is 0 Å². The minimum Gasteiger partial charge on any atom is -0.487 e. The van der Waals surface area contributed by atoms with Gasteiger partial charge in [-0.05, 0) is 19.1 Å². The minimum atomic E-state index is -4.60. The van der Waals surface area contributed by atoms with Crippen LogP contribution >= 0.6 is 0 Å². The third kappa shape index (κ3) is 2.62. The van der Waals surface area contributed by atoms with Crippen molar-refractivity contribution in [1.82, 2.24) is 0 Å². The highest BCUT2D eigenvalue weighted by Gasteiger charge is 2.33. The molecule has 0 aliphatic rings. The molecule has 0 amide bonds. The number of nitro benzene ring substituents is 1. The second kappa shape index (κ2) is 4.38. The van der Waals surface area contributed by atoms with Gasteiger partial charge in [0.15, 0.2) is 5.75 Å². The number of nitrogens with zero attached hydrogens (tertiary/aromatic N) is 1. The fourth-order valence-electron chi connectivity index (χ4n) is 1.11. The number of rotatable bonds is 3. The first-order valence-corrected chi connectivity index (χ1v) is 4.34. The van der Waals surface area contributed by atoms with Crippen LogP contribution in [0.1, 0.15) is 12.5 Å². The average molecular weight is 235 g/mol. The van der Waals surface area contributed by atoms with Crippen LogP contribution in [0.3, 0.4) is 0 Å². The van der Waals surface area contributed by atoms with Crippen LogP contribution in [0.15, 0.2) is 18.2 Å². The molecule has 16 heavy (non-hydrogen) atoms. The lowest BCUT2D eigenvalue weighted by Gasteiger charge is -2.08. The summed E-state index contributed by atoms with van der Waals surface area (Å²) in [6, 6.07) is 2.16. The Kier molecular flexibility index (Phi) is 3.36. The number of ether oxygens (including phenoxy) is 1. The topological polar surface area (TPSA) is 52.4 Å². The van der Waals surface area contributed by atoms with Crippen molar-refractivity contribution in [1.29, 1.82) is 0 Å². The van der Waals surface area contributed by atoms with Gasteiger partial charge in [0, 0.05) is 6.07 Å². The van der Waals surface area contributed by atoms with Gasteiger partial charge in [-0.1, -0.05) is 0 Å². The number of nitro groups is 1. The average Bonchev–Trinajstić information content (AvgIpc) is 2.16. The lowest BCUT2D eigenvalue weighted by Crippen LogP contribution is -2.06. The summed E-state index contributed by atoms with van der Waals surface area (Å²) >= 11 is 0. The van der Waals surface area contributed by atoms with Crippen molar-refractivity contribution in [3.63, 3.8) is 0 Å². The van der Waals surface area contributed by atoms with Crippen molar-refractivity contribution in [2.45, 2.75) is 13.1 Å². The van der Waals surface area contributed by atoms with Gasteiger partial charge in [0.25, 0.3) is 0 Å². The van der Waals surface area contributed by atoms with Gasteiger partial charge in [0.05, 0.1) is 17.1 Å². The van der Waals surface area contributed by atoms with Crippen molar-refractivity contribution in [2.75, 3.05) is 6.61 Å². The van der Waals surface area contributed by atoms with E-state index < -0.39 is 22.4 Å². The lowest BCUT2D eigenvalue weighted by atomic mass is 10.2. The standard InChI is InChI=1S/C9H8F3NO3/c1-2-16-8-4-3-6(9(10,11)12)5-7(8)13(14)15/h3-5H,2H2,1H3. The summed E-state index contributed by atoms with van der Waals surface area (Å²) in [5.74, 6) is -0.166. The van der Waals surface area contributed by atoms with E-state index in [-0.39, 0.29) is 12.4 Å². The molecule has 0 spiro atoms. The Hall–Kier alpha value is -1.79. The van der Waals surface area contributed by atoms with E-state index in [9.17, 15) is 23.3 Å². The number of hydrogen-bond donors (Lipinski definition) is 0. The fraction of sp³-hybridized carbons (Fsp3) is 0.333. The highest BCUT2D eigenvalue weighted by Crippen LogP contribution is 2.35. The molecule has 0 N–H and O–H groups in total. The first-order valence-electron chi connectivity index (χ1n) is 4.34. The maximum absolute atomic E-state index is 12.3. The molecule has 0 aliphatic heterocycles. The molecule has 0 fully saturated rings. The van der Waals surface area contributed by atoms with E-state index in [0.717, 1.165) is 12.1 Å². The van der Waals surface area contributed by atoms with Gasteiger partial charge in [-0.2, -0.15) is 13.2 Å². The van der Waals surface area contributed by atoms with Gasteiger partial charge in [-0.3, -0.25) is 10.1 Å². The van der Waals surface area contributed by atoms with Gasteiger partial charge in [0.1, 0.15) is 0 Å². The monoisotopic (exact) mass is 235 g/mol. The predicted molar refractivity (Wildman–Crippen MR) is 49.3 cm³/mol. The summed E-state index contributed by atoms with van der Waals surface area (Å²) in [6.45, 7) is 1.73. The zero-order valence-electron chi connectivity index (χ0n) is 8.25. The Morgan fingerprint density at radius 2 is 2.06 bits per heavy atom. The Morgan fingerprint density at radius 1 is 1.44 bits per heavy atom. The molecule has 0 saturated carbocycles. The Balaban J connectivity index is 3.23. The summed E-state index contributed by atoms with van der Waals surface area (Å²) in [6.07, 6.45) is -4.60. The van der Waals surface area contributed by atoms with E-state index in [2.05, 4.69) is 0 Å². The Labute approximate surface area is 88.8 Å². The van der Waals surface area contributed by atoms with Crippen LogP contribution in [-0.2, 0) is 6.18 Å². The van der Waals surface area contributed by atoms with Gasteiger partial charge in [-0.15, -0.1) is 0 Å². The largest absolute Gasteiger partial charge is 0.487 e. The van der Waals surface area contributed by atoms with Crippen LogP contribution in [0.5, 0.6) is 5.75 Å². The molecule has 0 heterocycles. The maximum Gasteiger partial charge on any atom is 0.416 e. The molecule has 0 unspecified atom stereocenters. The molecular formula is C9H8F3NO3. The highest BCUT2D eigenvalue weighted by atomic mass is 19.4. The van der Waals surface area contributed by atoms with Gasteiger partial charge in [-0.25, -0.2) is 0 Å². The van der Waals surface area contributed by atoms with Crippen molar-refractivity contribution in [3.05, 3.63) is 33.9 Å². The molecule has 4 nitrogen and oxygen atoms in total. The molecule has 0 radical (unpaired) electrons. The highest BCUT2D eigenvalue weighted by molar-refractivity contribution is 5.49. The molecule has 7 heteroatoms. The van der Waals surface area contributed by atoms with Crippen LogP contribution in [0.4, 0.5) is 18.9 Å². The summed E-state index contributed by atoms with van der Waals surface area (Å²) in [5, 5.41) is 10.5. The summed E-state index contributed by atoms with van der Waals surface area (Å²) in [4.78, 5) is 9.63. The number of hydrogen-bond acceptors (Lipinski definition) is 3. The van der Waals surface area contributed by atoms with E-state index in [1.54, 1.807) is 6.92 Å². The minimum absolute atomic E-state index is 0.145. The normalized spacial score (nSPS) is 11.2. The van der Waals surface area contributed by atoms with E-state index in [1.807, 2.05) is 0 Å². The zero-order chi connectivity index (χ0) is 12.3. The van der Waals surface area contributed by atoms with Gasteiger partial charge < -0.3 is 4.74 Å². The lowest BCUT2D eigenvalue weighted by molar-refractivity contribution is -0.386. The molecule has 0 aliphatic carbocycles. The van der Waals surface area contributed by atoms with Crippen molar-refractivity contribution in [2.24, 2.45) is 0 Å². The van der Waals surface area contributed by atoms with Gasteiger partial charge >= 0.3 is 11.9 Å². The molecule has 88 valence electrons. The quantitative estimate of drug-likeness (QED) is 0.597. The molecule has 1 rings (SSSR count). The Bertz CT molecular complexity index is 403. The van der Waals surface area contributed by atoms with Crippen molar-refractivity contribution in [3.8, 4) is 5.75 Å². The van der Waals surface area contributed by atoms with Crippen LogP contribution in [-0.4, -0.2) is 11.5 Å². The van der Waals surface area contributed by atoms with Crippen LogP contribution in [0, 0.1) is 10.1 Å². The predicted octanol–water partition coefficient (Wildman–Crippen LogP) is 3.01. The maximum atomic E-state index is 12.3. The first-order chi connectivity index (χ1) is 7.36. The molecule has 0 saturated heterocycles. The van der Waals surface area contributed by atoms with Crippen LogP contribution < -0.4 is 4.74 Å². The smallest absolute Gasteiger partial charge is 0.416 e. The van der Waals surface area contributed by atoms with E-state index in [0.29, 0.717) is 6.07 Å². The molecular weight excluding hydrogens is 227 g/mol. The Morgan fingerprint density at radius 3 is 2.50 bits per heavy atom. The van der Waals surface area contributed by atoms with Crippen molar-refractivity contribution < 1.29 is 22.8 Å². The van der Waals surface area contributed by atoms with Crippen LogP contribution in [0.2, 0.25) is 0 Å². The molecule has 1 aromatic carbocycles. The summed E-state index contributed by atoms with van der Waals surface area (Å²) in [5.41, 5.74) is -1.75. The zero-order valence-corrected chi connectivity index (χ0v) is 8.25. The third-order valence-electron chi connectivity index (χ3n) is 1.78. The van der Waals surface area contributed by atoms with Crippen LogP contribution in [0.25, 0.3) is 0 Å². The number of alkyl halides is 3. The third-order valence-corrected chi connectivity index (χ3v) is 1.78. The summed E-state index contributed by atoms with van der Waals surface area (Å²) in [7, 11) is 0. The first kappa shape index (κ1) is 12.3. The van der Waals surface area contributed by atoms with E-state index >= 15 is 0 Å². The van der Waals surface area contributed by atoms with Crippen molar-refractivity contribution >= 4 is 5.69 Å².